The number of hydrogen-bond donors (Lipinski definition) is 2. The average Bonchev–Trinajstić information content (AvgIpc) is 3.40. The molecule has 0 atom stereocenters. The van der Waals surface area contributed by atoms with Gasteiger partial charge in [0.15, 0.2) is 0 Å². The molecule has 0 spiro atoms. The number of hydrogen-bond acceptors (Lipinski definition) is 4. The van der Waals surface area contributed by atoms with E-state index in [2.05, 4.69) is 15.6 Å². The van der Waals surface area contributed by atoms with Gasteiger partial charge in [0.25, 0.3) is 11.8 Å². The van der Waals surface area contributed by atoms with Crippen LogP contribution < -0.4 is 15.4 Å². The summed E-state index contributed by atoms with van der Waals surface area (Å²) in [5, 5.41) is 5.71. The highest BCUT2D eigenvalue weighted by molar-refractivity contribution is 6.06. The van der Waals surface area contributed by atoms with E-state index in [1.807, 2.05) is 6.92 Å². The van der Waals surface area contributed by atoms with E-state index in [9.17, 15) is 9.59 Å². The quantitative estimate of drug-likeness (QED) is 0.855. The summed E-state index contributed by atoms with van der Waals surface area (Å²) >= 11 is 0. The Kier molecular flexibility index (Phi) is 4.74. The van der Waals surface area contributed by atoms with Crippen LogP contribution in [0.4, 0.5) is 5.69 Å². The fraction of sp³-hybridized carbons (Fsp3) is 0.278. The van der Waals surface area contributed by atoms with Crippen LogP contribution in [0.1, 0.15) is 40.5 Å². The molecule has 3 rings (SSSR count). The van der Waals surface area contributed by atoms with Gasteiger partial charge in [-0.3, -0.25) is 9.59 Å². The van der Waals surface area contributed by atoms with Crippen LogP contribution in [0.15, 0.2) is 42.6 Å². The number of nitrogens with one attached hydrogen (secondary N) is 2. The lowest BCUT2D eigenvalue weighted by Crippen LogP contribution is -2.25. The monoisotopic (exact) mass is 325 g/mol. The van der Waals surface area contributed by atoms with E-state index in [1.54, 1.807) is 42.6 Å². The number of anilines is 1. The molecule has 0 unspecified atom stereocenters. The molecule has 2 N–H and O–H groups in total. The first-order chi connectivity index (χ1) is 11.7. The fourth-order valence-electron chi connectivity index (χ4n) is 2.25. The highest BCUT2D eigenvalue weighted by atomic mass is 16.5. The van der Waals surface area contributed by atoms with Crippen molar-refractivity contribution in [1.29, 1.82) is 0 Å². The van der Waals surface area contributed by atoms with Gasteiger partial charge < -0.3 is 15.4 Å². The number of pyridine rings is 1. The first kappa shape index (κ1) is 16.0. The summed E-state index contributed by atoms with van der Waals surface area (Å²) in [6.07, 6.45) is 3.64. The molecule has 1 fully saturated rings. The third-order valence-electron chi connectivity index (χ3n) is 3.59. The second-order valence-electron chi connectivity index (χ2n) is 5.57. The third-order valence-corrected chi connectivity index (χ3v) is 3.59. The molecular weight excluding hydrogens is 306 g/mol. The molecule has 1 aliphatic rings. The van der Waals surface area contributed by atoms with Gasteiger partial charge >= 0.3 is 0 Å². The Labute approximate surface area is 140 Å². The zero-order valence-corrected chi connectivity index (χ0v) is 13.4. The number of carbonyl (C=O) groups is 2. The largest absolute Gasteiger partial charge is 0.477 e. The molecule has 1 aromatic heterocycles. The normalized spacial score (nSPS) is 13.2. The number of benzene rings is 1. The van der Waals surface area contributed by atoms with Gasteiger partial charge in [-0.05, 0) is 50.1 Å². The van der Waals surface area contributed by atoms with Crippen molar-refractivity contribution in [3.05, 3.63) is 53.7 Å². The highest BCUT2D eigenvalue weighted by Gasteiger charge is 2.24. The Hall–Kier alpha value is -2.89. The topological polar surface area (TPSA) is 80.3 Å². The predicted octanol–water partition coefficient (Wildman–Crippen LogP) is 2.62. The summed E-state index contributed by atoms with van der Waals surface area (Å²) in [7, 11) is 0. The molecule has 2 amide bonds. The van der Waals surface area contributed by atoms with Gasteiger partial charge in [-0.15, -0.1) is 0 Å². The number of amides is 2. The minimum Gasteiger partial charge on any atom is -0.477 e. The summed E-state index contributed by atoms with van der Waals surface area (Å²) in [5.74, 6) is -0.156. The molecule has 24 heavy (non-hydrogen) atoms. The minimum atomic E-state index is -0.327. The van der Waals surface area contributed by atoms with Gasteiger partial charge in [-0.1, -0.05) is 6.07 Å². The highest BCUT2D eigenvalue weighted by Crippen LogP contribution is 2.21. The molecule has 124 valence electrons. The third kappa shape index (κ3) is 3.90. The predicted molar refractivity (Wildman–Crippen MR) is 90.3 cm³/mol. The van der Waals surface area contributed by atoms with Gasteiger partial charge in [-0.25, -0.2) is 4.98 Å². The van der Waals surface area contributed by atoms with Crippen LogP contribution in [0, 0.1) is 0 Å². The van der Waals surface area contributed by atoms with E-state index in [1.165, 1.54) is 0 Å². The number of aromatic nitrogens is 1. The lowest BCUT2D eigenvalue weighted by molar-refractivity contribution is 0.0949. The number of ether oxygens (including phenoxy) is 1. The molecule has 1 aromatic carbocycles. The average molecular weight is 325 g/mol. The zero-order chi connectivity index (χ0) is 16.9. The molecule has 1 heterocycles. The van der Waals surface area contributed by atoms with E-state index >= 15 is 0 Å². The number of carbonyl (C=O) groups excluding carboxylic acids is 2. The SMILES string of the molecule is CCOc1ncccc1C(=O)Nc1cccc(C(=O)NC2CC2)c1. The van der Waals surface area contributed by atoms with Crippen molar-refractivity contribution >= 4 is 17.5 Å². The van der Waals surface area contributed by atoms with E-state index in [4.69, 9.17) is 4.74 Å². The molecule has 2 aromatic rings. The van der Waals surface area contributed by atoms with Crippen molar-refractivity contribution in [3.63, 3.8) is 0 Å². The molecule has 6 nitrogen and oxygen atoms in total. The first-order valence-electron chi connectivity index (χ1n) is 7.97. The van der Waals surface area contributed by atoms with Gasteiger partial charge in [-0.2, -0.15) is 0 Å². The summed E-state index contributed by atoms with van der Waals surface area (Å²) < 4.78 is 5.37. The van der Waals surface area contributed by atoms with Crippen LogP contribution in [0.25, 0.3) is 0 Å². The maximum atomic E-state index is 12.4. The molecule has 1 saturated carbocycles. The summed E-state index contributed by atoms with van der Waals surface area (Å²) in [5.41, 5.74) is 1.43. The lowest BCUT2D eigenvalue weighted by Gasteiger charge is -2.10. The second-order valence-corrected chi connectivity index (χ2v) is 5.57. The van der Waals surface area contributed by atoms with E-state index in [-0.39, 0.29) is 11.8 Å². The Morgan fingerprint density at radius 2 is 2.04 bits per heavy atom. The molecule has 0 radical (unpaired) electrons. The Morgan fingerprint density at radius 3 is 2.79 bits per heavy atom. The lowest BCUT2D eigenvalue weighted by atomic mass is 10.1. The smallest absolute Gasteiger partial charge is 0.261 e. The first-order valence-corrected chi connectivity index (χ1v) is 7.97. The maximum absolute atomic E-state index is 12.4. The summed E-state index contributed by atoms with van der Waals surface area (Å²) in [4.78, 5) is 28.6. The summed E-state index contributed by atoms with van der Waals surface area (Å²) in [6, 6.07) is 10.5. The standard InChI is InChI=1S/C18H19N3O3/c1-2-24-18-15(7-4-10-19-18)17(23)21-14-6-3-5-12(11-14)16(22)20-13-8-9-13/h3-7,10-11,13H,2,8-9H2,1H3,(H,20,22)(H,21,23). The van der Waals surface area contributed by atoms with E-state index < -0.39 is 0 Å². The minimum absolute atomic E-state index is 0.120. The van der Waals surface area contributed by atoms with Gasteiger partial charge in [0.2, 0.25) is 5.88 Å². The van der Waals surface area contributed by atoms with Crippen molar-refractivity contribution in [1.82, 2.24) is 10.3 Å². The van der Waals surface area contributed by atoms with Crippen LogP contribution in [-0.2, 0) is 0 Å². The van der Waals surface area contributed by atoms with Gasteiger partial charge in [0, 0.05) is 23.5 Å². The molecule has 0 aliphatic heterocycles. The van der Waals surface area contributed by atoms with E-state index in [0.29, 0.717) is 35.3 Å². The van der Waals surface area contributed by atoms with Crippen molar-refractivity contribution in [2.75, 3.05) is 11.9 Å². The zero-order valence-electron chi connectivity index (χ0n) is 13.4. The second kappa shape index (κ2) is 7.12. The Bertz CT molecular complexity index is 757. The van der Waals surface area contributed by atoms with Crippen molar-refractivity contribution in [2.45, 2.75) is 25.8 Å². The maximum Gasteiger partial charge on any atom is 0.261 e. The number of nitrogens with zero attached hydrogens (tertiary/aromatic N) is 1. The summed E-state index contributed by atoms with van der Waals surface area (Å²) in [6.45, 7) is 2.26. The number of rotatable bonds is 6. The van der Waals surface area contributed by atoms with Gasteiger partial charge in [0.05, 0.1) is 6.61 Å². The van der Waals surface area contributed by atoms with Crippen molar-refractivity contribution in [3.8, 4) is 5.88 Å². The van der Waals surface area contributed by atoms with Crippen LogP contribution in [-0.4, -0.2) is 29.4 Å². The fourth-order valence-corrected chi connectivity index (χ4v) is 2.25. The Morgan fingerprint density at radius 1 is 1.21 bits per heavy atom. The molecule has 1 aliphatic carbocycles. The van der Waals surface area contributed by atoms with Crippen LogP contribution in [0.3, 0.4) is 0 Å². The Balaban J connectivity index is 1.73. The van der Waals surface area contributed by atoms with Crippen LogP contribution >= 0.6 is 0 Å². The van der Waals surface area contributed by atoms with Crippen LogP contribution in [0.5, 0.6) is 5.88 Å². The van der Waals surface area contributed by atoms with Crippen molar-refractivity contribution < 1.29 is 14.3 Å². The van der Waals surface area contributed by atoms with Crippen molar-refractivity contribution in [2.24, 2.45) is 0 Å². The van der Waals surface area contributed by atoms with E-state index in [0.717, 1.165) is 12.8 Å². The van der Waals surface area contributed by atoms with Crippen LogP contribution in [0.2, 0.25) is 0 Å². The van der Waals surface area contributed by atoms with Gasteiger partial charge in [0.1, 0.15) is 5.56 Å². The molecule has 0 bridgehead atoms. The molecule has 6 heteroatoms. The molecular formula is C18H19N3O3. The molecule has 0 saturated heterocycles.